The van der Waals surface area contributed by atoms with Crippen LogP contribution in [0.2, 0.25) is 0 Å². The van der Waals surface area contributed by atoms with Gasteiger partial charge in [-0.1, -0.05) is 0 Å². The molecule has 0 heterocycles. The lowest BCUT2D eigenvalue weighted by atomic mass is 10.2. The molecule has 0 N–H and O–H groups in total. The summed E-state index contributed by atoms with van der Waals surface area (Å²) in [5.74, 6) is -4.21. The van der Waals surface area contributed by atoms with Crippen molar-refractivity contribution in [2.75, 3.05) is 0 Å². The third-order valence-electron chi connectivity index (χ3n) is 1.60. The van der Waals surface area contributed by atoms with Crippen molar-refractivity contribution < 1.29 is 21.6 Å². The van der Waals surface area contributed by atoms with Gasteiger partial charge in [0.1, 0.15) is 11.6 Å². The molecule has 0 spiro atoms. The van der Waals surface area contributed by atoms with Crippen molar-refractivity contribution in [3.63, 3.8) is 0 Å². The Morgan fingerprint density at radius 1 is 1.21 bits per heavy atom. The highest BCUT2D eigenvalue weighted by Gasteiger charge is 2.25. The van der Waals surface area contributed by atoms with E-state index in [0.29, 0.717) is 0 Å². The molecule has 78 valence electrons. The standard InChI is InChI=1S/C7H4ClF3O2S/c1-3-4(9)2-5(10)7(6(3)11)14(8,12)13/h2H,1H3. The second-order valence-corrected chi connectivity index (χ2v) is 5.05. The summed E-state index contributed by atoms with van der Waals surface area (Å²) in [5.41, 5.74) is -0.592. The van der Waals surface area contributed by atoms with Crippen LogP contribution >= 0.6 is 10.7 Å². The molecule has 0 aliphatic heterocycles. The summed E-state index contributed by atoms with van der Waals surface area (Å²) in [7, 11) is 0.215. The average molecular weight is 245 g/mol. The molecular formula is C7H4ClF3O2S. The minimum Gasteiger partial charge on any atom is -0.207 e. The van der Waals surface area contributed by atoms with E-state index in [1.807, 2.05) is 0 Å². The van der Waals surface area contributed by atoms with E-state index in [1.54, 1.807) is 0 Å². The number of hydrogen-bond donors (Lipinski definition) is 0. The Morgan fingerprint density at radius 2 is 1.71 bits per heavy atom. The first-order chi connectivity index (χ1) is 6.25. The van der Waals surface area contributed by atoms with Gasteiger partial charge in [0.2, 0.25) is 0 Å². The summed E-state index contributed by atoms with van der Waals surface area (Å²) in [5, 5.41) is 0. The minimum absolute atomic E-state index is 0.272. The van der Waals surface area contributed by atoms with E-state index in [0.717, 1.165) is 6.92 Å². The lowest BCUT2D eigenvalue weighted by Crippen LogP contribution is -2.04. The molecular weight excluding hydrogens is 241 g/mol. The van der Waals surface area contributed by atoms with Crippen molar-refractivity contribution >= 4 is 19.7 Å². The van der Waals surface area contributed by atoms with Crippen LogP contribution in [0.5, 0.6) is 0 Å². The fourth-order valence-corrected chi connectivity index (χ4v) is 1.97. The van der Waals surface area contributed by atoms with E-state index in [9.17, 15) is 21.6 Å². The molecule has 0 radical (unpaired) electrons. The first-order valence-electron chi connectivity index (χ1n) is 3.34. The van der Waals surface area contributed by atoms with E-state index in [-0.39, 0.29) is 6.07 Å². The maximum absolute atomic E-state index is 13.1. The molecule has 0 aromatic heterocycles. The lowest BCUT2D eigenvalue weighted by molar-refractivity contribution is 0.491. The van der Waals surface area contributed by atoms with Crippen LogP contribution in [0, 0.1) is 24.4 Å². The Kier molecular flexibility index (Phi) is 2.78. The summed E-state index contributed by atoms with van der Waals surface area (Å²) in [6.07, 6.45) is 0. The van der Waals surface area contributed by atoms with Crippen LogP contribution in [0.1, 0.15) is 5.56 Å². The third kappa shape index (κ3) is 1.85. The van der Waals surface area contributed by atoms with Crippen LogP contribution in [-0.4, -0.2) is 8.42 Å². The summed E-state index contributed by atoms with van der Waals surface area (Å²) >= 11 is 0. The van der Waals surface area contributed by atoms with Gasteiger partial charge in [-0.05, 0) is 6.92 Å². The van der Waals surface area contributed by atoms with E-state index < -0.39 is 37.0 Å². The van der Waals surface area contributed by atoms with Crippen molar-refractivity contribution in [3.05, 3.63) is 29.1 Å². The van der Waals surface area contributed by atoms with E-state index >= 15 is 0 Å². The smallest absolute Gasteiger partial charge is 0.207 e. The molecule has 0 aliphatic rings. The SMILES string of the molecule is Cc1c(F)cc(F)c(S(=O)(=O)Cl)c1F. The Hall–Kier alpha value is -0.750. The molecule has 1 aromatic rings. The topological polar surface area (TPSA) is 34.1 Å². The maximum Gasteiger partial charge on any atom is 0.267 e. The van der Waals surface area contributed by atoms with E-state index in [1.165, 1.54) is 0 Å². The van der Waals surface area contributed by atoms with Gasteiger partial charge in [-0.25, -0.2) is 21.6 Å². The highest BCUT2D eigenvalue weighted by Crippen LogP contribution is 2.26. The zero-order chi connectivity index (χ0) is 11.1. The van der Waals surface area contributed by atoms with Gasteiger partial charge in [0.25, 0.3) is 9.05 Å². The summed E-state index contributed by atoms with van der Waals surface area (Å²) in [6.45, 7) is 0.982. The molecule has 7 heteroatoms. The summed E-state index contributed by atoms with van der Waals surface area (Å²) in [4.78, 5) is -1.32. The molecule has 14 heavy (non-hydrogen) atoms. The Bertz CT molecular complexity index is 484. The number of hydrogen-bond acceptors (Lipinski definition) is 2. The molecule has 2 nitrogen and oxygen atoms in total. The molecule has 1 aromatic carbocycles. The Labute approximate surface area is 82.7 Å². The van der Waals surface area contributed by atoms with Gasteiger partial charge in [0, 0.05) is 22.3 Å². The van der Waals surface area contributed by atoms with Crippen molar-refractivity contribution in [2.45, 2.75) is 11.8 Å². The molecule has 0 atom stereocenters. The molecule has 0 saturated heterocycles. The Morgan fingerprint density at radius 3 is 2.14 bits per heavy atom. The average Bonchev–Trinajstić information content (AvgIpc) is 1.97. The van der Waals surface area contributed by atoms with Gasteiger partial charge in [-0.2, -0.15) is 0 Å². The van der Waals surface area contributed by atoms with E-state index in [4.69, 9.17) is 10.7 Å². The lowest BCUT2D eigenvalue weighted by Gasteiger charge is -2.04. The Balaban J connectivity index is 3.70. The minimum atomic E-state index is -4.55. The summed E-state index contributed by atoms with van der Waals surface area (Å²) in [6, 6.07) is 0.272. The second kappa shape index (κ2) is 3.43. The predicted molar refractivity (Wildman–Crippen MR) is 44.1 cm³/mol. The molecule has 0 saturated carbocycles. The van der Waals surface area contributed by atoms with Crippen LogP contribution in [-0.2, 0) is 9.05 Å². The van der Waals surface area contributed by atoms with Crippen LogP contribution in [0.3, 0.4) is 0 Å². The maximum atomic E-state index is 13.1. The van der Waals surface area contributed by atoms with Crippen LogP contribution in [0.4, 0.5) is 13.2 Å². The molecule has 0 aliphatic carbocycles. The molecule has 0 fully saturated rings. The van der Waals surface area contributed by atoms with Crippen molar-refractivity contribution in [1.82, 2.24) is 0 Å². The van der Waals surface area contributed by atoms with Gasteiger partial charge in [0.05, 0.1) is 0 Å². The van der Waals surface area contributed by atoms with Gasteiger partial charge in [-0.3, -0.25) is 0 Å². The van der Waals surface area contributed by atoms with E-state index in [2.05, 4.69) is 0 Å². The zero-order valence-electron chi connectivity index (χ0n) is 6.81. The summed E-state index contributed by atoms with van der Waals surface area (Å²) < 4.78 is 60.0. The van der Waals surface area contributed by atoms with Gasteiger partial charge in [0.15, 0.2) is 10.7 Å². The molecule has 0 bridgehead atoms. The zero-order valence-corrected chi connectivity index (χ0v) is 8.39. The van der Waals surface area contributed by atoms with Crippen LogP contribution in [0.25, 0.3) is 0 Å². The first-order valence-corrected chi connectivity index (χ1v) is 5.65. The number of halogens is 4. The highest BCUT2D eigenvalue weighted by molar-refractivity contribution is 8.13. The monoisotopic (exact) mass is 244 g/mol. The fourth-order valence-electron chi connectivity index (χ4n) is 0.889. The van der Waals surface area contributed by atoms with Gasteiger partial charge >= 0.3 is 0 Å². The van der Waals surface area contributed by atoms with Crippen molar-refractivity contribution in [3.8, 4) is 0 Å². The first kappa shape index (κ1) is 11.3. The predicted octanol–water partition coefficient (Wildman–Crippen LogP) is 2.34. The quantitative estimate of drug-likeness (QED) is 0.711. The normalized spacial score (nSPS) is 11.8. The van der Waals surface area contributed by atoms with Crippen molar-refractivity contribution in [2.24, 2.45) is 0 Å². The molecule has 0 unspecified atom stereocenters. The number of rotatable bonds is 1. The number of benzene rings is 1. The third-order valence-corrected chi connectivity index (χ3v) is 2.93. The molecule has 0 amide bonds. The highest BCUT2D eigenvalue weighted by atomic mass is 35.7. The largest absolute Gasteiger partial charge is 0.267 e. The fraction of sp³-hybridized carbons (Fsp3) is 0.143. The second-order valence-electron chi connectivity index (χ2n) is 2.55. The van der Waals surface area contributed by atoms with Gasteiger partial charge < -0.3 is 0 Å². The van der Waals surface area contributed by atoms with Crippen molar-refractivity contribution in [1.29, 1.82) is 0 Å². The van der Waals surface area contributed by atoms with Gasteiger partial charge in [-0.15, -0.1) is 0 Å². The van der Waals surface area contributed by atoms with Crippen LogP contribution < -0.4 is 0 Å². The van der Waals surface area contributed by atoms with Crippen LogP contribution in [0.15, 0.2) is 11.0 Å². The molecule has 1 rings (SSSR count).